The lowest BCUT2D eigenvalue weighted by Gasteiger charge is -2.33. The topological polar surface area (TPSA) is 79.4 Å². The van der Waals surface area contributed by atoms with E-state index < -0.39 is 0 Å². The maximum Gasteiger partial charge on any atom is 0.145 e. The normalized spacial score (nSPS) is 17.9. The molecule has 0 bridgehead atoms. The van der Waals surface area contributed by atoms with E-state index >= 15 is 0 Å². The largest absolute Gasteiger partial charge is 0.505 e. The van der Waals surface area contributed by atoms with Crippen molar-refractivity contribution in [2.24, 2.45) is 4.99 Å². The molecule has 144 valence electrons. The summed E-state index contributed by atoms with van der Waals surface area (Å²) in [6.07, 6.45) is 3.26. The number of hydrogen-bond donors (Lipinski definition) is 3. The molecule has 1 aliphatic rings. The fraction of sp³-hybridized carbons (Fsp3) is 0.429. The van der Waals surface area contributed by atoms with E-state index in [4.69, 9.17) is 9.73 Å². The predicted molar refractivity (Wildman–Crippen MR) is 104 cm³/mol. The van der Waals surface area contributed by atoms with E-state index in [0.29, 0.717) is 16.8 Å². The van der Waals surface area contributed by atoms with Crippen LogP contribution >= 0.6 is 0 Å². The number of aliphatic imine (C=N–C) groups is 1. The molecule has 0 amide bonds. The lowest BCUT2D eigenvalue weighted by molar-refractivity contribution is -0.940. The van der Waals surface area contributed by atoms with Gasteiger partial charge < -0.3 is 19.8 Å². The van der Waals surface area contributed by atoms with Crippen LogP contribution in [-0.4, -0.2) is 53.8 Å². The van der Waals surface area contributed by atoms with Gasteiger partial charge in [-0.25, -0.2) is 0 Å². The van der Waals surface area contributed by atoms with Gasteiger partial charge in [-0.3, -0.25) is 9.98 Å². The Bertz CT molecular complexity index is 774. The van der Waals surface area contributed by atoms with E-state index in [9.17, 15) is 10.2 Å². The zero-order valence-corrected chi connectivity index (χ0v) is 15.9. The number of pyridine rings is 1. The van der Waals surface area contributed by atoms with Crippen molar-refractivity contribution in [1.29, 1.82) is 0 Å². The van der Waals surface area contributed by atoms with Crippen LogP contribution < -0.4 is 4.90 Å². The number of quaternary nitrogens is 1. The molecule has 0 saturated carbocycles. The summed E-state index contributed by atoms with van der Waals surface area (Å²) in [4.78, 5) is 10.3. The molecular weight excluding hydrogens is 342 g/mol. The third-order valence-corrected chi connectivity index (χ3v) is 5.18. The molecule has 1 aromatic carbocycles. The average Bonchev–Trinajstić information content (AvgIpc) is 2.71. The van der Waals surface area contributed by atoms with E-state index in [0.717, 1.165) is 26.3 Å². The molecule has 3 N–H and O–H groups in total. The molecule has 2 atom stereocenters. The van der Waals surface area contributed by atoms with Gasteiger partial charge in [0.15, 0.2) is 0 Å². The van der Waals surface area contributed by atoms with Crippen molar-refractivity contribution in [3.8, 4) is 5.75 Å². The zero-order valence-electron chi connectivity index (χ0n) is 15.9. The summed E-state index contributed by atoms with van der Waals surface area (Å²) in [5, 5.41) is 19.9. The molecule has 1 aromatic heterocycles. The number of aromatic nitrogens is 1. The number of aryl methyl sites for hydroxylation is 1. The van der Waals surface area contributed by atoms with Gasteiger partial charge in [0.1, 0.15) is 30.9 Å². The minimum Gasteiger partial charge on any atom is -0.505 e. The van der Waals surface area contributed by atoms with Gasteiger partial charge in [0, 0.05) is 29.1 Å². The molecule has 0 spiro atoms. The van der Waals surface area contributed by atoms with Crippen molar-refractivity contribution in [2.45, 2.75) is 32.5 Å². The number of nitrogens with one attached hydrogen (secondary N) is 1. The molecule has 2 heterocycles. The van der Waals surface area contributed by atoms with Crippen LogP contribution in [0.5, 0.6) is 5.75 Å². The predicted octanol–water partition coefficient (Wildman–Crippen LogP) is 1.05. The standard InChI is InChI=1S/C21H27N3O3/c1-15(23-13-19-18(14-25)12-22-16(2)21(19)26)20(17-6-4-3-5-7-17)24-8-10-27-11-9-24/h3-7,12-13,15,20,25-26H,8-11,14H2,1-2H3/p+1/t15-,20-/m0/s1. The van der Waals surface area contributed by atoms with Crippen LogP contribution in [0.25, 0.3) is 0 Å². The van der Waals surface area contributed by atoms with Crippen molar-refractivity contribution in [3.05, 3.63) is 58.9 Å². The maximum atomic E-state index is 10.3. The van der Waals surface area contributed by atoms with Gasteiger partial charge in [-0.05, 0) is 13.8 Å². The van der Waals surface area contributed by atoms with E-state index in [1.807, 2.05) is 6.07 Å². The summed E-state index contributed by atoms with van der Waals surface area (Å²) in [6, 6.07) is 10.6. The van der Waals surface area contributed by atoms with Crippen molar-refractivity contribution >= 4 is 6.21 Å². The van der Waals surface area contributed by atoms with Crippen molar-refractivity contribution < 1.29 is 19.8 Å². The molecule has 3 rings (SSSR count). The molecule has 1 saturated heterocycles. The number of morpholine rings is 1. The first kappa shape index (κ1) is 19.5. The molecule has 0 aliphatic carbocycles. The Balaban J connectivity index is 1.90. The molecule has 0 unspecified atom stereocenters. The van der Waals surface area contributed by atoms with Gasteiger partial charge in [-0.2, -0.15) is 0 Å². The maximum absolute atomic E-state index is 10.3. The van der Waals surface area contributed by atoms with Gasteiger partial charge in [0.05, 0.1) is 25.5 Å². The summed E-state index contributed by atoms with van der Waals surface area (Å²) in [5.74, 6) is 0.0764. The zero-order chi connectivity index (χ0) is 19.2. The smallest absolute Gasteiger partial charge is 0.145 e. The highest BCUT2D eigenvalue weighted by Gasteiger charge is 2.31. The highest BCUT2D eigenvalue weighted by Crippen LogP contribution is 2.23. The minimum absolute atomic E-state index is 0.0000794. The third kappa shape index (κ3) is 4.53. The fourth-order valence-electron chi connectivity index (χ4n) is 3.66. The van der Waals surface area contributed by atoms with Gasteiger partial charge in [-0.15, -0.1) is 0 Å². The lowest BCUT2D eigenvalue weighted by atomic mass is 9.98. The van der Waals surface area contributed by atoms with Crippen molar-refractivity contribution in [2.75, 3.05) is 26.3 Å². The van der Waals surface area contributed by atoms with Gasteiger partial charge in [0.25, 0.3) is 0 Å². The van der Waals surface area contributed by atoms with Gasteiger partial charge in [0.2, 0.25) is 0 Å². The Kier molecular flexibility index (Phi) is 6.55. The minimum atomic E-state index is -0.187. The monoisotopic (exact) mass is 370 g/mol. The second-order valence-electron chi connectivity index (χ2n) is 6.97. The van der Waals surface area contributed by atoms with Crippen molar-refractivity contribution in [3.63, 3.8) is 0 Å². The quantitative estimate of drug-likeness (QED) is 0.664. The molecule has 1 aliphatic heterocycles. The number of nitrogens with zero attached hydrogens (tertiary/aromatic N) is 2. The summed E-state index contributed by atoms with van der Waals surface area (Å²) < 4.78 is 5.53. The van der Waals surface area contributed by atoms with E-state index in [-0.39, 0.29) is 24.4 Å². The van der Waals surface area contributed by atoms with Crippen LogP contribution in [-0.2, 0) is 11.3 Å². The molecule has 6 nitrogen and oxygen atoms in total. The Labute approximate surface area is 160 Å². The number of rotatable bonds is 6. The number of ether oxygens (including phenoxy) is 1. The molecule has 1 fully saturated rings. The SMILES string of the molecule is Cc1ncc(CO)c(C=N[C@@H](C)[C@@H](c2ccccc2)[NH+]2CCOCC2)c1O. The van der Waals surface area contributed by atoms with Crippen LogP contribution in [0.4, 0.5) is 0 Å². The van der Waals surface area contributed by atoms with E-state index in [1.54, 1.807) is 19.3 Å². The summed E-state index contributed by atoms with van der Waals surface area (Å²) in [7, 11) is 0. The molecule has 2 aromatic rings. The number of aliphatic hydroxyl groups excluding tert-OH is 1. The number of benzene rings is 1. The van der Waals surface area contributed by atoms with Crippen LogP contribution in [0, 0.1) is 6.92 Å². The second-order valence-corrected chi connectivity index (χ2v) is 6.97. The summed E-state index contributed by atoms with van der Waals surface area (Å²) >= 11 is 0. The van der Waals surface area contributed by atoms with E-state index in [1.165, 1.54) is 10.5 Å². The Morgan fingerprint density at radius 2 is 1.96 bits per heavy atom. The first-order chi connectivity index (χ1) is 13.1. The highest BCUT2D eigenvalue weighted by molar-refractivity contribution is 5.85. The highest BCUT2D eigenvalue weighted by atomic mass is 16.5. The van der Waals surface area contributed by atoms with Crippen LogP contribution in [0.2, 0.25) is 0 Å². The number of aromatic hydroxyl groups is 1. The molecule has 27 heavy (non-hydrogen) atoms. The van der Waals surface area contributed by atoms with Crippen LogP contribution in [0.1, 0.15) is 35.3 Å². The summed E-state index contributed by atoms with van der Waals surface area (Å²) in [6.45, 7) is 7.06. The third-order valence-electron chi connectivity index (χ3n) is 5.18. The second kappa shape index (κ2) is 9.08. The average molecular weight is 370 g/mol. The Morgan fingerprint density at radius 1 is 1.26 bits per heavy atom. The van der Waals surface area contributed by atoms with Gasteiger partial charge >= 0.3 is 0 Å². The number of hydrogen-bond acceptors (Lipinski definition) is 5. The molecule has 6 heteroatoms. The fourth-order valence-corrected chi connectivity index (χ4v) is 3.66. The van der Waals surface area contributed by atoms with Gasteiger partial charge in [-0.1, -0.05) is 30.3 Å². The molecule has 0 radical (unpaired) electrons. The lowest BCUT2D eigenvalue weighted by Crippen LogP contribution is -3.15. The first-order valence-electron chi connectivity index (χ1n) is 9.40. The molecular formula is C21H28N3O3+. The van der Waals surface area contributed by atoms with Crippen LogP contribution in [0.15, 0.2) is 41.5 Å². The van der Waals surface area contributed by atoms with Crippen LogP contribution in [0.3, 0.4) is 0 Å². The Morgan fingerprint density at radius 3 is 2.63 bits per heavy atom. The van der Waals surface area contributed by atoms with Crippen molar-refractivity contribution in [1.82, 2.24) is 4.98 Å². The van der Waals surface area contributed by atoms with E-state index in [2.05, 4.69) is 36.2 Å². The summed E-state index contributed by atoms with van der Waals surface area (Å²) in [5.41, 5.74) is 2.89. The first-order valence-corrected chi connectivity index (χ1v) is 9.40. The number of aliphatic hydroxyl groups is 1. The Hall–Kier alpha value is -2.28.